The topological polar surface area (TPSA) is 319 Å². The maximum atomic E-state index is 14.4. The summed E-state index contributed by atoms with van der Waals surface area (Å²) in [5.41, 5.74) is -0.330. The lowest BCUT2D eigenvalue weighted by Crippen LogP contribution is -2.44. The Morgan fingerprint density at radius 1 is 0.483 bits per heavy atom. The minimum atomic E-state index is -1.30. The molecule has 20 nitrogen and oxygen atoms in total. The molecule has 322 valence electrons. The van der Waals surface area contributed by atoms with Crippen molar-refractivity contribution in [3.8, 4) is 0 Å². The van der Waals surface area contributed by atoms with Crippen LogP contribution in [0, 0.1) is 21.4 Å². The van der Waals surface area contributed by atoms with E-state index in [0.29, 0.717) is 0 Å². The Bertz CT molecular complexity index is 1740. The lowest BCUT2D eigenvalue weighted by molar-refractivity contribution is -0.119. The molecule has 2 unspecified atom stereocenters. The molecule has 0 saturated carbocycles. The van der Waals surface area contributed by atoms with Crippen LogP contribution in [-0.4, -0.2) is 177 Å². The Morgan fingerprint density at radius 2 is 0.793 bits per heavy atom. The van der Waals surface area contributed by atoms with E-state index in [1.807, 2.05) is 0 Å². The molecule has 0 bridgehead atoms. The molecule has 0 radical (unpaired) electrons. The van der Waals surface area contributed by atoms with E-state index in [2.05, 4.69) is 21.3 Å². The zero-order valence-electron chi connectivity index (χ0n) is 29.8. The van der Waals surface area contributed by atoms with Gasteiger partial charge < -0.3 is 71.9 Å². The molecule has 2 aromatic rings. The van der Waals surface area contributed by atoms with Gasteiger partial charge in [0.2, 0.25) is 11.8 Å². The summed E-state index contributed by atoms with van der Waals surface area (Å²) >= 11 is 10.7. The number of hydrogen-bond donors (Lipinski definition) is 12. The number of aliphatic hydroxyl groups excluding tert-OH is 8. The van der Waals surface area contributed by atoms with Gasteiger partial charge in [0.05, 0.1) is 86.5 Å². The first-order valence-electron chi connectivity index (χ1n) is 16.5. The summed E-state index contributed by atoms with van der Waals surface area (Å²) in [4.78, 5) is 82.7. The summed E-state index contributed by atoms with van der Waals surface area (Å²) < 4.78 is 0.908. The molecule has 58 heavy (non-hydrogen) atoms. The lowest BCUT2D eigenvalue weighted by atomic mass is 10.1. The third-order valence-corrected chi connectivity index (χ3v) is 14.2. The van der Waals surface area contributed by atoms with Crippen molar-refractivity contribution in [3.05, 3.63) is 43.7 Å². The molecule has 0 aliphatic rings. The van der Waals surface area contributed by atoms with E-state index in [9.17, 15) is 69.6 Å². The van der Waals surface area contributed by atoms with Crippen LogP contribution < -0.4 is 21.3 Å². The van der Waals surface area contributed by atoms with Gasteiger partial charge in [0.1, 0.15) is 13.2 Å². The number of hydrogen-bond acceptors (Lipinski definition) is 14. The van der Waals surface area contributed by atoms with Crippen molar-refractivity contribution in [3.63, 3.8) is 0 Å². The highest BCUT2D eigenvalue weighted by atomic mass is 127. The Morgan fingerprint density at radius 3 is 1.07 bits per heavy atom. The zero-order valence-corrected chi connectivity index (χ0v) is 42.8. The van der Waals surface area contributed by atoms with Gasteiger partial charge in [-0.15, -0.1) is 0 Å². The number of amides is 6. The zero-order chi connectivity index (χ0) is 44.0. The van der Waals surface area contributed by atoms with Crippen LogP contribution in [0.3, 0.4) is 0 Å². The third kappa shape index (κ3) is 13.9. The number of nitrogens with one attached hydrogen (secondary N) is 4. The van der Waals surface area contributed by atoms with Gasteiger partial charge in [-0.3, -0.25) is 28.8 Å². The van der Waals surface area contributed by atoms with Crippen LogP contribution in [0.4, 0.5) is 11.4 Å². The van der Waals surface area contributed by atoms with E-state index >= 15 is 0 Å². The summed E-state index contributed by atoms with van der Waals surface area (Å²) in [5, 5.41) is 86.9. The van der Waals surface area contributed by atoms with Gasteiger partial charge in [-0.25, -0.2) is 0 Å². The smallest absolute Gasteiger partial charge is 0.256 e. The first-order valence-corrected chi connectivity index (χ1v) is 23.0. The van der Waals surface area contributed by atoms with Crippen molar-refractivity contribution in [1.29, 1.82) is 0 Å². The van der Waals surface area contributed by atoms with Crippen LogP contribution in [-0.2, 0) is 9.59 Å². The standard InChI is InChI=1S/C32H38I6N6O14/c33-21-17(29(55)39-7-13(51)9-47)23(35)27(41-15(53)11-49)25(37)19(21)31(57)43(3-5-45)1-2-44(4-6-46)32(58)20-22(34)18(30(56)40-8-14(52)10-48)24(36)28(26(20)38)42-16(54)12-50/h13-14,45-52H,1-12H2,(H,39,55)(H,40,56)(H,41,53)(H,42,54). The average molecular weight is 1490 g/mol. The van der Waals surface area contributed by atoms with E-state index in [1.54, 1.807) is 136 Å². The normalized spacial score (nSPS) is 12.0. The Kier molecular flexibility index (Phi) is 24.0. The molecule has 0 heterocycles. The van der Waals surface area contributed by atoms with Crippen molar-refractivity contribution >= 4 is 182 Å². The lowest BCUT2D eigenvalue weighted by Gasteiger charge is -2.30. The monoisotopic (exact) mass is 1490 g/mol. The fourth-order valence-electron chi connectivity index (χ4n) is 4.84. The van der Waals surface area contributed by atoms with E-state index in [1.165, 1.54) is 9.80 Å². The number of carbonyl (C=O) groups excluding carboxylic acids is 6. The van der Waals surface area contributed by atoms with Crippen LogP contribution in [0.25, 0.3) is 0 Å². The predicted octanol–water partition coefficient (Wildman–Crippen LogP) is -1.09. The molecule has 0 spiro atoms. The van der Waals surface area contributed by atoms with Crippen LogP contribution in [0.2, 0.25) is 0 Å². The number of nitrogens with zero attached hydrogens (tertiary/aromatic N) is 2. The van der Waals surface area contributed by atoms with E-state index in [4.69, 9.17) is 0 Å². The largest absolute Gasteiger partial charge is 0.395 e. The van der Waals surface area contributed by atoms with Crippen molar-refractivity contribution in [2.45, 2.75) is 12.2 Å². The number of halogens is 6. The molecule has 0 saturated heterocycles. The molecule has 2 atom stereocenters. The van der Waals surface area contributed by atoms with Gasteiger partial charge in [0, 0.05) is 46.4 Å². The maximum Gasteiger partial charge on any atom is 0.256 e. The van der Waals surface area contributed by atoms with Gasteiger partial charge in [0.15, 0.2) is 0 Å². The first kappa shape index (κ1) is 53.5. The van der Waals surface area contributed by atoms with Gasteiger partial charge in [-0.1, -0.05) is 0 Å². The summed E-state index contributed by atoms with van der Waals surface area (Å²) in [5.74, 6) is -4.76. The fraction of sp³-hybridized carbons (Fsp3) is 0.438. The summed E-state index contributed by atoms with van der Waals surface area (Å²) in [7, 11) is 0. The van der Waals surface area contributed by atoms with Crippen LogP contribution in [0.5, 0.6) is 0 Å². The highest BCUT2D eigenvalue weighted by molar-refractivity contribution is 14.1. The van der Waals surface area contributed by atoms with Crippen LogP contribution >= 0.6 is 136 Å². The maximum absolute atomic E-state index is 14.4. The number of rotatable bonds is 21. The molecule has 0 aliphatic carbocycles. The van der Waals surface area contributed by atoms with Crippen LogP contribution in [0.15, 0.2) is 0 Å². The molecule has 2 aromatic carbocycles. The molecule has 2 rings (SSSR count). The summed E-state index contributed by atoms with van der Waals surface area (Å²) in [6.07, 6.45) is -2.59. The minimum absolute atomic E-state index is 0.00979. The van der Waals surface area contributed by atoms with Gasteiger partial charge in [0.25, 0.3) is 23.6 Å². The van der Waals surface area contributed by atoms with Gasteiger partial charge in [-0.05, 0) is 136 Å². The van der Waals surface area contributed by atoms with Crippen molar-refractivity contribution < 1.29 is 69.6 Å². The second-order valence-corrected chi connectivity index (χ2v) is 18.1. The van der Waals surface area contributed by atoms with E-state index < -0.39 is 87.3 Å². The molecule has 26 heteroatoms. The van der Waals surface area contributed by atoms with Crippen molar-refractivity contribution in [2.75, 3.05) is 89.5 Å². The number of benzene rings is 2. The second-order valence-electron chi connectivity index (χ2n) is 11.7. The fourth-order valence-corrected chi connectivity index (χ4v) is 13.6. The number of carbonyl (C=O) groups is 6. The number of anilines is 2. The third-order valence-electron chi connectivity index (χ3n) is 7.70. The van der Waals surface area contributed by atoms with E-state index in [0.717, 1.165) is 0 Å². The van der Waals surface area contributed by atoms with Crippen LogP contribution in [0.1, 0.15) is 41.4 Å². The Hall–Kier alpha value is -0.680. The molecule has 0 aliphatic heterocycles. The second kappa shape index (κ2) is 26.1. The van der Waals surface area contributed by atoms with Gasteiger partial charge >= 0.3 is 0 Å². The predicted molar refractivity (Wildman–Crippen MR) is 257 cm³/mol. The van der Waals surface area contributed by atoms with Gasteiger partial charge in [-0.2, -0.15) is 0 Å². The molecule has 0 aromatic heterocycles. The molecule has 0 fully saturated rings. The minimum Gasteiger partial charge on any atom is -0.395 e. The quantitative estimate of drug-likeness (QED) is 0.0662. The highest BCUT2D eigenvalue weighted by Crippen LogP contribution is 2.38. The Labute approximate surface area is 412 Å². The summed E-state index contributed by atoms with van der Waals surface area (Å²) in [6.45, 7) is -6.09. The van der Waals surface area contributed by atoms with E-state index in [-0.39, 0.29) is 94.3 Å². The molecular formula is C32H38I6N6O14. The number of aliphatic hydroxyl groups is 8. The highest BCUT2D eigenvalue weighted by Gasteiger charge is 2.33. The molecular weight excluding hydrogens is 1450 g/mol. The first-order chi connectivity index (χ1) is 27.4. The van der Waals surface area contributed by atoms with Crippen molar-refractivity contribution in [1.82, 2.24) is 20.4 Å². The molecule has 6 amide bonds. The SMILES string of the molecule is O=C(CO)Nc1c(I)c(C(=O)NCC(O)CO)c(I)c(C(=O)N(CCO)CCN(CCO)C(=O)c2c(I)c(NC(=O)CO)c(I)c(C(=O)NCC(O)CO)c2I)c1I. The molecule has 12 N–H and O–H groups in total. The Balaban J connectivity index is 2.71. The average Bonchev–Trinajstić information content (AvgIpc) is 3.19. The summed E-state index contributed by atoms with van der Waals surface area (Å²) in [6, 6.07) is 0. The van der Waals surface area contributed by atoms with Crippen molar-refractivity contribution in [2.24, 2.45) is 0 Å².